The summed E-state index contributed by atoms with van der Waals surface area (Å²) in [5.74, 6) is -0.505. The number of hydrogen-bond donors (Lipinski definition) is 2. The van der Waals surface area contributed by atoms with Crippen molar-refractivity contribution < 1.29 is 14.0 Å². The number of benzene rings is 2. The average Bonchev–Trinajstić information content (AvgIpc) is 3.13. The molecule has 0 saturated carbocycles. The summed E-state index contributed by atoms with van der Waals surface area (Å²) in [6.45, 7) is 0. The first-order chi connectivity index (χ1) is 12.1. The lowest BCUT2D eigenvalue weighted by atomic mass is 10.1. The number of oxazole rings is 1. The third-order valence-electron chi connectivity index (χ3n) is 3.46. The van der Waals surface area contributed by atoms with Gasteiger partial charge in [-0.25, -0.2) is 4.98 Å². The predicted octanol–water partition coefficient (Wildman–Crippen LogP) is 3.61. The van der Waals surface area contributed by atoms with Gasteiger partial charge in [-0.2, -0.15) is 0 Å². The number of nitrogens with one attached hydrogen (secondary N) is 2. The van der Waals surface area contributed by atoms with Crippen molar-refractivity contribution in [2.75, 3.05) is 12.4 Å². The molecule has 1 aromatic heterocycles. The minimum absolute atomic E-state index is 0.108. The largest absolute Gasteiger partial charge is 0.444 e. The van der Waals surface area contributed by atoms with E-state index in [1.165, 1.54) is 19.4 Å². The van der Waals surface area contributed by atoms with E-state index in [0.717, 1.165) is 5.56 Å². The van der Waals surface area contributed by atoms with E-state index < -0.39 is 5.91 Å². The van der Waals surface area contributed by atoms with Crippen LogP contribution in [0.5, 0.6) is 0 Å². The van der Waals surface area contributed by atoms with Gasteiger partial charge in [0.2, 0.25) is 5.89 Å². The normalized spacial score (nSPS) is 10.3. The number of amides is 2. The molecular formula is C18H14ClN3O3. The summed E-state index contributed by atoms with van der Waals surface area (Å²) in [6, 6.07) is 13.9. The second-order valence-corrected chi connectivity index (χ2v) is 5.56. The van der Waals surface area contributed by atoms with Crippen molar-refractivity contribution in [1.82, 2.24) is 10.3 Å². The maximum atomic E-state index is 12.4. The Hall–Kier alpha value is -3.12. The van der Waals surface area contributed by atoms with Crippen LogP contribution < -0.4 is 10.6 Å². The van der Waals surface area contributed by atoms with Crippen LogP contribution in [0.4, 0.5) is 5.69 Å². The number of hydrogen-bond acceptors (Lipinski definition) is 4. The van der Waals surface area contributed by atoms with Gasteiger partial charge < -0.3 is 15.1 Å². The molecule has 0 aliphatic carbocycles. The van der Waals surface area contributed by atoms with Crippen LogP contribution in [0.15, 0.2) is 59.2 Å². The number of halogens is 1. The highest BCUT2D eigenvalue weighted by Gasteiger charge is 2.17. The van der Waals surface area contributed by atoms with Crippen molar-refractivity contribution in [2.45, 2.75) is 0 Å². The summed E-state index contributed by atoms with van der Waals surface area (Å²) in [4.78, 5) is 28.5. The average molecular weight is 356 g/mol. The Morgan fingerprint density at radius 3 is 2.56 bits per heavy atom. The molecule has 0 atom stereocenters. The fraction of sp³-hybridized carbons (Fsp3) is 0.0556. The molecule has 1 heterocycles. The highest BCUT2D eigenvalue weighted by molar-refractivity contribution is 6.31. The van der Waals surface area contributed by atoms with Crippen LogP contribution >= 0.6 is 11.6 Å². The molecule has 0 fully saturated rings. The number of rotatable bonds is 4. The van der Waals surface area contributed by atoms with E-state index in [1.54, 1.807) is 12.1 Å². The first-order valence-electron chi connectivity index (χ1n) is 7.42. The lowest BCUT2D eigenvalue weighted by molar-refractivity contribution is 0.0964. The number of anilines is 1. The van der Waals surface area contributed by atoms with Crippen molar-refractivity contribution in [3.05, 3.63) is 71.1 Å². The molecule has 3 aromatic rings. The van der Waals surface area contributed by atoms with E-state index in [9.17, 15) is 9.59 Å². The molecule has 3 rings (SSSR count). The lowest BCUT2D eigenvalue weighted by Crippen LogP contribution is -2.21. The fourth-order valence-electron chi connectivity index (χ4n) is 2.23. The van der Waals surface area contributed by atoms with Crippen molar-refractivity contribution in [2.24, 2.45) is 0 Å². The number of aromatic nitrogens is 1. The Morgan fingerprint density at radius 2 is 1.84 bits per heavy atom. The van der Waals surface area contributed by atoms with Crippen molar-refractivity contribution >= 4 is 29.1 Å². The summed E-state index contributed by atoms with van der Waals surface area (Å²) >= 11 is 5.92. The van der Waals surface area contributed by atoms with Crippen LogP contribution in [0.2, 0.25) is 5.02 Å². The van der Waals surface area contributed by atoms with Crippen LogP contribution in [-0.2, 0) is 0 Å². The summed E-state index contributed by atoms with van der Waals surface area (Å²) in [5, 5.41) is 5.55. The summed E-state index contributed by atoms with van der Waals surface area (Å²) < 4.78 is 5.36. The third-order valence-corrected chi connectivity index (χ3v) is 3.69. The van der Waals surface area contributed by atoms with E-state index in [2.05, 4.69) is 15.6 Å². The SMILES string of the molecule is CNC(=O)c1cc(Cl)ccc1NC(=O)c1coc(-c2ccccc2)n1. The number of nitrogens with zero attached hydrogens (tertiary/aromatic N) is 1. The Kier molecular flexibility index (Phi) is 4.81. The first-order valence-corrected chi connectivity index (χ1v) is 7.80. The molecule has 2 amide bonds. The Balaban J connectivity index is 1.84. The molecule has 2 N–H and O–H groups in total. The Labute approximate surface area is 148 Å². The van der Waals surface area contributed by atoms with E-state index in [0.29, 0.717) is 16.6 Å². The van der Waals surface area contributed by atoms with E-state index in [1.807, 2.05) is 30.3 Å². The molecule has 126 valence electrons. The van der Waals surface area contributed by atoms with Gasteiger partial charge in [0.05, 0.1) is 11.3 Å². The van der Waals surface area contributed by atoms with Gasteiger partial charge in [0.1, 0.15) is 6.26 Å². The van der Waals surface area contributed by atoms with E-state index in [-0.39, 0.29) is 17.2 Å². The zero-order chi connectivity index (χ0) is 17.8. The van der Waals surface area contributed by atoms with Gasteiger partial charge in [0, 0.05) is 17.6 Å². The molecule has 0 bridgehead atoms. The summed E-state index contributed by atoms with van der Waals surface area (Å²) in [7, 11) is 1.50. The second-order valence-electron chi connectivity index (χ2n) is 5.13. The Bertz CT molecular complexity index is 922. The van der Waals surface area contributed by atoms with Gasteiger partial charge in [-0.3, -0.25) is 9.59 Å². The minimum atomic E-state index is -0.488. The molecule has 6 nitrogen and oxygen atoms in total. The minimum Gasteiger partial charge on any atom is -0.444 e. The van der Waals surface area contributed by atoms with Crippen LogP contribution in [-0.4, -0.2) is 23.8 Å². The maximum Gasteiger partial charge on any atom is 0.277 e. The molecule has 0 aliphatic rings. The van der Waals surface area contributed by atoms with Gasteiger partial charge in [-0.15, -0.1) is 0 Å². The van der Waals surface area contributed by atoms with Crippen molar-refractivity contribution in [1.29, 1.82) is 0 Å². The van der Waals surface area contributed by atoms with Crippen LogP contribution in [0.3, 0.4) is 0 Å². The smallest absolute Gasteiger partial charge is 0.277 e. The topological polar surface area (TPSA) is 84.2 Å². The molecule has 0 unspecified atom stereocenters. The molecule has 0 spiro atoms. The van der Waals surface area contributed by atoms with Gasteiger partial charge in [0.15, 0.2) is 5.69 Å². The molecule has 0 radical (unpaired) electrons. The lowest BCUT2D eigenvalue weighted by Gasteiger charge is -2.09. The van der Waals surface area contributed by atoms with Gasteiger partial charge >= 0.3 is 0 Å². The van der Waals surface area contributed by atoms with Crippen molar-refractivity contribution in [3.8, 4) is 11.5 Å². The third kappa shape index (κ3) is 3.70. The predicted molar refractivity (Wildman–Crippen MR) is 94.7 cm³/mol. The second kappa shape index (κ2) is 7.19. The van der Waals surface area contributed by atoms with Gasteiger partial charge in [-0.05, 0) is 30.3 Å². The van der Waals surface area contributed by atoms with Crippen LogP contribution in [0.1, 0.15) is 20.8 Å². The standard InChI is InChI=1S/C18H14ClN3O3/c1-20-16(23)13-9-12(19)7-8-14(13)21-17(24)15-10-25-18(22-15)11-5-3-2-4-6-11/h2-10H,1H3,(H,20,23)(H,21,24). The summed E-state index contributed by atoms with van der Waals surface area (Å²) in [5.41, 5.74) is 1.46. The molecule has 7 heteroatoms. The first kappa shape index (κ1) is 16.7. The molecule has 0 aliphatic heterocycles. The van der Waals surface area contributed by atoms with Gasteiger partial charge in [0.25, 0.3) is 11.8 Å². The zero-order valence-electron chi connectivity index (χ0n) is 13.2. The molecule has 2 aromatic carbocycles. The summed E-state index contributed by atoms with van der Waals surface area (Å²) in [6.07, 6.45) is 1.27. The van der Waals surface area contributed by atoms with E-state index >= 15 is 0 Å². The Morgan fingerprint density at radius 1 is 1.08 bits per heavy atom. The van der Waals surface area contributed by atoms with Crippen LogP contribution in [0, 0.1) is 0 Å². The highest BCUT2D eigenvalue weighted by atomic mass is 35.5. The fourth-order valence-corrected chi connectivity index (χ4v) is 2.40. The van der Waals surface area contributed by atoms with Gasteiger partial charge in [-0.1, -0.05) is 29.8 Å². The molecule has 0 saturated heterocycles. The molecule has 25 heavy (non-hydrogen) atoms. The van der Waals surface area contributed by atoms with Crippen LogP contribution in [0.25, 0.3) is 11.5 Å². The highest BCUT2D eigenvalue weighted by Crippen LogP contribution is 2.22. The number of carbonyl (C=O) groups excluding carboxylic acids is 2. The van der Waals surface area contributed by atoms with Crippen molar-refractivity contribution in [3.63, 3.8) is 0 Å². The quantitative estimate of drug-likeness (QED) is 0.748. The maximum absolute atomic E-state index is 12.4. The molecular weight excluding hydrogens is 342 g/mol. The monoisotopic (exact) mass is 355 g/mol. The van der Waals surface area contributed by atoms with E-state index in [4.69, 9.17) is 16.0 Å². The number of carbonyl (C=O) groups is 2. The zero-order valence-corrected chi connectivity index (χ0v) is 14.0.